The van der Waals surface area contributed by atoms with Crippen LogP contribution >= 0.6 is 24.0 Å². The number of aliphatic imine (C=N–C) groups is 1. The van der Waals surface area contributed by atoms with E-state index >= 15 is 0 Å². The lowest BCUT2D eigenvalue weighted by Gasteiger charge is -2.27. The van der Waals surface area contributed by atoms with Crippen molar-refractivity contribution in [2.45, 2.75) is 52.4 Å². The van der Waals surface area contributed by atoms with Crippen molar-refractivity contribution >= 4 is 29.9 Å². The van der Waals surface area contributed by atoms with E-state index in [1.807, 2.05) is 0 Å². The molecule has 0 aromatic rings. The van der Waals surface area contributed by atoms with Gasteiger partial charge in [-0.15, -0.1) is 24.0 Å². The first-order valence-electron chi connectivity index (χ1n) is 9.96. The molecule has 1 aliphatic heterocycles. The number of guanidine groups is 1. The number of halogens is 1. The van der Waals surface area contributed by atoms with Crippen LogP contribution in [0.1, 0.15) is 52.4 Å². The van der Waals surface area contributed by atoms with E-state index in [1.165, 1.54) is 45.2 Å². The van der Waals surface area contributed by atoms with Crippen molar-refractivity contribution in [2.75, 3.05) is 53.0 Å². The van der Waals surface area contributed by atoms with Crippen molar-refractivity contribution in [3.05, 3.63) is 0 Å². The molecule has 2 rings (SSSR count). The molecule has 2 N–H and O–H groups in total. The predicted octanol–water partition coefficient (Wildman–Crippen LogP) is 3.10. The smallest absolute Gasteiger partial charge is 0.191 e. The highest BCUT2D eigenvalue weighted by molar-refractivity contribution is 14.0. The minimum absolute atomic E-state index is 0. The quantitative estimate of drug-likeness (QED) is 0.237. The third kappa shape index (κ3) is 7.99. The van der Waals surface area contributed by atoms with E-state index in [0.717, 1.165) is 51.1 Å². The molecule has 0 radical (unpaired) electrons. The lowest BCUT2D eigenvalue weighted by atomic mass is 9.83. The van der Waals surface area contributed by atoms with E-state index in [-0.39, 0.29) is 24.0 Å². The molecule has 6 heteroatoms. The third-order valence-electron chi connectivity index (χ3n) is 5.61. The summed E-state index contributed by atoms with van der Waals surface area (Å²) in [7, 11) is 2.21. The molecule has 0 bridgehead atoms. The molecule has 2 fully saturated rings. The summed E-state index contributed by atoms with van der Waals surface area (Å²) in [6.07, 6.45) is 7.74. The SMILES string of the molecule is CCNC(=NCC1(CCOCC)CCCC1)NCC1CCN(C)C1.I. The summed E-state index contributed by atoms with van der Waals surface area (Å²) in [5.74, 6) is 1.74. The van der Waals surface area contributed by atoms with Crippen LogP contribution in [0.15, 0.2) is 4.99 Å². The zero-order chi connectivity index (χ0) is 17.3. The Morgan fingerprint density at radius 2 is 2.00 bits per heavy atom. The van der Waals surface area contributed by atoms with Crippen LogP contribution in [-0.4, -0.2) is 63.8 Å². The molecular weight excluding hydrogens is 427 g/mol. The Labute approximate surface area is 171 Å². The zero-order valence-electron chi connectivity index (χ0n) is 16.5. The van der Waals surface area contributed by atoms with Gasteiger partial charge in [0.25, 0.3) is 0 Å². The number of likely N-dealkylation sites (tertiary alicyclic amines) is 1. The van der Waals surface area contributed by atoms with E-state index in [1.54, 1.807) is 0 Å². The maximum Gasteiger partial charge on any atom is 0.191 e. The summed E-state index contributed by atoms with van der Waals surface area (Å²) in [5, 5.41) is 6.99. The van der Waals surface area contributed by atoms with Gasteiger partial charge in [-0.1, -0.05) is 12.8 Å². The second-order valence-electron chi connectivity index (χ2n) is 7.65. The average molecular weight is 466 g/mol. The number of nitrogens with one attached hydrogen (secondary N) is 2. The van der Waals surface area contributed by atoms with Gasteiger partial charge in [-0.25, -0.2) is 0 Å². The Bertz CT molecular complexity index is 386. The number of hydrogen-bond acceptors (Lipinski definition) is 3. The Morgan fingerprint density at radius 3 is 2.60 bits per heavy atom. The fourth-order valence-corrected chi connectivity index (χ4v) is 4.07. The lowest BCUT2D eigenvalue weighted by Crippen LogP contribution is -2.41. The summed E-state index contributed by atoms with van der Waals surface area (Å²) < 4.78 is 5.62. The average Bonchev–Trinajstić information content (AvgIpc) is 3.20. The van der Waals surface area contributed by atoms with E-state index in [0.29, 0.717) is 5.41 Å². The van der Waals surface area contributed by atoms with Gasteiger partial charge in [-0.2, -0.15) is 0 Å². The monoisotopic (exact) mass is 466 g/mol. The summed E-state index contributed by atoms with van der Waals surface area (Å²) >= 11 is 0. The molecule has 1 saturated heterocycles. The van der Waals surface area contributed by atoms with Crippen LogP contribution in [0.3, 0.4) is 0 Å². The summed E-state index contributed by atoms with van der Waals surface area (Å²) in [5.41, 5.74) is 0.366. The number of ether oxygens (including phenoxy) is 1. The lowest BCUT2D eigenvalue weighted by molar-refractivity contribution is 0.107. The Balaban J connectivity index is 0.00000312. The maximum absolute atomic E-state index is 5.62. The summed E-state index contributed by atoms with van der Waals surface area (Å²) in [6, 6.07) is 0. The van der Waals surface area contributed by atoms with Crippen molar-refractivity contribution in [2.24, 2.45) is 16.3 Å². The normalized spacial score (nSPS) is 23.5. The maximum atomic E-state index is 5.62. The van der Waals surface area contributed by atoms with Crippen LogP contribution in [-0.2, 0) is 4.74 Å². The van der Waals surface area contributed by atoms with Gasteiger partial charge in [-0.05, 0) is 64.5 Å². The van der Waals surface area contributed by atoms with Gasteiger partial charge in [0.2, 0.25) is 0 Å². The minimum atomic E-state index is 0. The van der Waals surface area contributed by atoms with Gasteiger partial charge < -0.3 is 20.3 Å². The molecule has 0 aromatic carbocycles. The molecule has 0 aromatic heterocycles. The van der Waals surface area contributed by atoms with Crippen molar-refractivity contribution < 1.29 is 4.74 Å². The molecule has 0 amide bonds. The van der Waals surface area contributed by atoms with Gasteiger partial charge in [0, 0.05) is 39.4 Å². The zero-order valence-corrected chi connectivity index (χ0v) is 18.8. The molecule has 148 valence electrons. The molecule has 1 aliphatic carbocycles. The number of rotatable bonds is 9. The molecule has 0 spiro atoms. The minimum Gasteiger partial charge on any atom is -0.382 e. The largest absolute Gasteiger partial charge is 0.382 e. The fourth-order valence-electron chi connectivity index (χ4n) is 4.07. The third-order valence-corrected chi connectivity index (χ3v) is 5.61. The highest BCUT2D eigenvalue weighted by Crippen LogP contribution is 2.41. The van der Waals surface area contributed by atoms with Crippen molar-refractivity contribution in [3.8, 4) is 0 Å². The molecule has 1 heterocycles. The Morgan fingerprint density at radius 1 is 1.24 bits per heavy atom. The molecule has 1 saturated carbocycles. The highest BCUT2D eigenvalue weighted by atomic mass is 127. The molecule has 25 heavy (non-hydrogen) atoms. The fraction of sp³-hybridized carbons (Fsp3) is 0.947. The van der Waals surface area contributed by atoms with Crippen LogP contribution in [0.5, 0.6) is 0 Å². The standard InChI is InChI=1S/C19H38N4O.HI/c1-4-20-18(21-14-17-8-12-23(3)15-17)22-16-19(9-6-7-10-19)11-13-24-5-2;/h17H,4-16H2,1-3H3,(H2,20,21,22);1H. The van der Waals surface area contributed by atoms with Gasteiger partial charge in [0.05, 0.1) is 0 Å². The van der Waals surface area contributed by atoms with E-state index < -0.39 is 0 Å². The van der Waals surface area contributed by atoms with Crippen LogP contribution in [0.2, 0.25) is 0 Å². The number of hydrogen-bond donors (Lipinski definition) is 2. The van der Waals surface area contributed by atoms with Gasteiger partial charge in [0.15, 0.2) is 5.96 Å². The molecule has 1 unspecified atom stereocenters. The second kappa shape index (κ2) is 12.3. The first-order chi connectivity index (χ1) is 11.7. The second-order valence-corrected chi connectivity index (χ2v) is 7.65. The van der Waals surface area contributed by atoms with E-state index in [9.17, 15) is 0 Å². The first-order valence-corrected chi connectivity index (χ1v) is 9.96. The van der Waals surface area contributed by atoms with Crippen LogP contribution in [0, 0.1) is 11.3 Å². The first kappa shape index (κ1) is 23.0. The van der Waals surface area contributed by atoms with Crippen LogP contribution in [0.4, 0.5) is 0 Å². The molecular formula is C19H39IN4O. The van der Waals surface area contributed by atoms with Crippen LogP contribution < -0.4 is 10.6 Å². The van der Waals surface area contributed by atoms with Gasteiger partial charge in [-0.3, -0.25) is 4.99 Å². The van der Waals surface area contributed by atoms with Gasteiger partial charge in [0.1, 0.15) is 0 Å². The van der Waals surface area contributed by atoms with E-state index in [2.05, 4.69) is 36.4 Å². The van der Waals surface area contributed by atoms with Crippen molar-refractivity contribution in [1.29, 1.82) is 0 Å². The van der Waals surface area contributed by atoms with Crippen LogP contribution in [0.25, 0.3) is 0 Å². The summed E-state index contributed by atoms with van der Waals surface area (Å²) in [6.45, 7) is 11.2. The number of nitrogens with zero attached hydrogens (tertiary/aromatic N) is 2. The highest BCUT2D eigenvalue weighted by Gasteiger charge is 2.33. The van der Waals surface area contributed by atoms with E-state index in [4.69, 9.17) is 9.73 Å². The topological polar surface area (TPSA) is 48.9 Å². The van der Waals surface area contributed by atoms with Crippen molar-refractivity contribution in [3.63, 3.8) is 0 Å². The Hall–Kier alpha value is -0.0800. The molecule has 1 atom stereocenters. The Kier molecular flexibility index (Phi) is 11.3. The van der Waals surface area contributed by atoms with Gasteiger partial charge >= 0.3 is 0 Å². The summed E-state index contributed by atoms with van der Waals surface area (Å²) in [4.78, 5) is 7.37. The molecule has 2 aliphatic rings. The van der Waals surface area contributed by atoms with Crippen molar-refractivity contribution in [1.82, 2.24) is 15.5 Å². The predicted molar refractivity (Wildman–Crippen MR) is 117 cm³/mol. The molecule has 5 nitrogen and oxygen atoms in total.